The van der Waals surface area contributed by atoms with Gasteiger partial charge in [0.25, 0.3) is 0 Å². The molecule has 2 fully saturated rings. The minimum absolute atomic E-state index is 0.0261. The van der Waals surface area contributed by atoms with Gasteiger partial charge in [-0.15, -0.1) is 0 Å². The van der Waals surface area contributed by atoms with Gasteiger partial charge in [0.2, 0.25) is 0 Å². The van der Waals surface area contributed by atoms with Crippen LogP contribution in [0.5, 0.6) is 0 Å². The number of aliphatic hydroxyl groups excluding tert-OH is 7. The van der Waals surface area contributed by atoms with E-state index in [4.69, 9.17) is 28.4 Å². The summed E-state index contributed by atoms with van der Waals surface area (Å²) in [6.07, 6.45) is 42.3. The lowest BCUT2D eigenvalue weighted by atomic mass is 9.98. The fraction of sp³-hybridized carbons (Fsp3) is 0.627. The molecule has 2 saturated heterocycles. The molecule has 0 aromatic rings. The lowest BCUT2D eigenvalue weighted by Crippen LogP contribution is -2.61. The van der Waals surface area contributed by atoms with Crippen LogP contribution >= 0.6 is 0 Å². The van der Waals surface area contributed by atoms with Crippen molar-refractivity contribution in [2.45, 2.75) is 210 Å². The Morgan fingerprint density at radius 1 is 0.446 bits per heavy atom. The molecule has 2 rings (SSSR count). The molecule has 0 saturated carbocycles. The smallest absolute Gasteiger partial charge is 0.306 e. The summed E-state index contributed by atoms with van der Waals surface area (Å²) >= 11 is 0. The molecule has 4 unspecified atom stereocenters. The number of allylic oxidation sites excluding steroid dienone is 20. The lowest BCUT2D eigenvalue weighted by molar-refractivity contribution is -0.332. The highest BCUT2D eigenvalue weighted by Crippen LogP contribution is 2.26. The molecule has 0 aromatic carbocycles. The van der Waals surface area contributed by atoms with E-state index in [0.29, 0.717) is 19.3 Å². The van der Waals surface area contributed by atoms with E-state index >= 15 is 0 Å². The van der Waals surface area contributed by atoms with E-state index in [-0.39, 0.29) is 19.4 Å². The number of aliphatic hydroxyl groups is 7. The van der Waals surface area contributed by atoms with Crippen LogP contribution in [0.4, 0.5) is 0 Å². The number of esters is 2. The molecule has 0 bridgehead atoms. The van der Waals surface area contributed by atoms with Crippen molar-refractivity contribution in [3.63, 3.8) is 0 Å². The van der Waals surface area contributed by atoms with E-state index in [0.717, 1.165) is 77.0 Å². The van der Waals surface area contributed by atoms with Gasteiger partial charge in [0.1, 0.15) is 55.4 Å². The van der Waals surface area contributed by atoms with Crippen molar-refractivity contribution in [2.24, 2.45) is 0 Å². The first-order valence-corrected chi connectivity index (χ1v) is 27.1. The highest BCUT2D eigenvalue weighted by molar-refractivity contribution is 5.70. The average Bonchev–Trinajstić information content (AvgIpc) is 3.39. The van der Waals surface area contributed by atoms with Gasteiger partial charge in [-0.1, -0.05) is 155 Å². The zero-order valence-electron chi connectivity index (χ0n) is 44.3. The third-order valence-electron chi connectivity index (χ3n) is 11.9. The Kier molecular flexibility index (Phi) is 39.3. The summed E-state index contributed by atoms with van der Waals surface area (Å²) in [6, 6.07) is 0. The number of carbonyl (C=O) groups excluding carboxylic acids is 2. The van der Waals surface area contributed by atoms with Crippen molar-refractivity contribution in [1.29, 1.82) is 0 Å². The van der Waals surface area contributed by atoms with Gasteiger partial charge in [-0.05, 0) is 96.3 Å². The third-order valence-corrected chi connectivity index (χ3v) is 11.9. The van der Waals surface area contributed by atoms with Gasteiger partial charge < -0.3 is 64.2 Å². The van der Waals surface area contributed by atoms with Crippen LogP contribution in [-0.4, -0.2) is 142 Å². The molecule has 15 nitrogen and oxygen atoms in total. The molecule has 11 atom stereocenters. The topological polar surface area (TPSA) is 231 Å². The van der Waals surface area contributed by atoms with Crippen LogP contribution in [0.1, 0.15) is 142 Å². The van der Waals surface area contributed by atoms with Crippen LogP contribution in [0.3, 0.4) is 0 Å². The van der Waals surface area contributed by atoms with E-state index in [2.05, 4.69) is 123 Å². The summed E-state index contributed by atoms with van der Waals surface area (Å²) < 4.78 is 33.5. The van der Waals surface area contributed by atoms with E-state index in [1.165, 1.54) is 19.3 Å². The standard InChI is InChI=1S/C59H92O15/c1-3-5-7-9-11-13-15-17-19-21-23-25-27-29-31-33-35-37-39-41-50(61)69-44-47(72-51(62)42-40-38-36-34-32-30-28-26-24-22-20-18-16-14-12-10-8-6-4-2)45-70-58-57(68)55(66)53(64)49(74-58)46-71-59-56(67)54(65)52(63)48(43-60)73-59/h5,7,11-14,17-20,23-26,29-32,36,38,47-49,52-60,63-68H,3-4,6,8-10,15-16,21-22,27-28,33-35,37,39-46H2,1-2H3/b7-5+,13-11+,14-12+,19-17+,20-18+,25-23+,26-24+,31-29+,32-30+,38-36+/t47-,48+,49+,52-,53-,54?,55?,56?,57?,58+,59+/m0/s1. The maximum Gasteiger partial charge on any atom is 0.306 e. The van der Waals surface area contributed by atoms with Crippen molar-refractivity contribution < 1.29 is 73.8 Å². The summed E-state index contributed by atoms with van der Waals surface area (Å²) in [5.74, 6) is -1.07. The molecular weight excluding hydrogens is 949 g/mol. The van der Waals surface area contributed by atoms with Gasteiger partial charge in [0.05, 0.1) is 19.8 Å². The maximum absolute atomic E-state index is 13.0. The highest BCUT2D eigenvalue weighted by Gasteiger charge is 2.47. The SMILES string of the molecule is CC/C=C/C/C=C/C/C=C/C/C=C/C/C=C/CCCCCC(=O)OC[C@@H](CO[C@@H]1O[C@H](CO[C@@H]2O[C@H](CO)[C@H](O)C(O)C2O)[C@H](O)C(O)C1O)OC(=O)CC/C=C/C/C=C/C/C=C/C/C=C/C/C=C/CCCCC. The van der Waals surface area contributed by atoms with Crippen LogP contribution in [-0.2, 0) is 38.0 Å². The monoisotopic (exact) mass is 1040 g/mol. The fourth-order valence-corrected chi connectivity index (χ4v) is 7.52. The molecule has 0 radical (unpaired) electrons. The van der Waals surface area contributed by atoms with E-state index in [1.54, 1.807) is 0 Å². The molecule has 7 N–H and O–H groups in total. The van der Waals surface area contributed by atoms with E-state index in [9.17, 15) is 45.3 Å². The molecule has 0 aromatic heterocycles. The second kappa shape index (κ2) is 44.1. The number of unbranched alkanes of at least 4 members (excludes halogenated alkanes) is 6. The van der Waals surface area contributed by atoms with Crippen LogP contribution < -0.4 is 0 Å². The predicted molar refractivity (Wildman–Crippen MR) is 288 cm³/mol. The normalized spacial score (nSPS) is 25.6. The quantitative estimate of drug-likeness (QED) is 0.0173. The van der Waals surface area contributed by atoms with Crippen LogP contribution in [0.25, 0.3) is 0 Å². The first-order chi connectivity index (χ1) is 36.0. The summed E-state index contributed by atoms with van der Waals surface area (Å²) in [5, 5.41) is 72.2. The first-order valence-electron chi connectivity index (χ1n) is 27.1. The van der Waals surface area contributed by atoms with Gasteiger partial charge in [-0.2, -0.15) is 0 Å². The minimum Gasteiger partial charge on any atom is -0.462 e. The zero-order valence-corrected chi connectivity index (χ0v) is 44.3. The van der Waals surface area contributed by atoms with Gasteiger partial charge >= 0.3 is 11.9 Å². The summed E-state index contributed by atoms with van der Waals surface area (Å²) in [5.41, 5.74) is 0. The van der Waals surface area contributed by atoms with Crippen LogP contribution in [0.2, 0.25) is 0 Å². The second-order valence-electron chi connectivity index (χ2n) is 18.3. The Bertz CT molecular complexity index is 1750. The van der Waals surface area contributed by atoms with E-state index in [1.807, 2.05) is 12.2 Å². The molecule has 2 aliphatic rings. The Hall–Kier alpha value is -4.10. The molecule has 2 heterocycles. The second-order valence-corrected chi connectivity index (χ2v) is 18.3. The molecule has 2 aliphatic heterocycles. The summed E-state index contributed by atoms with van der Waals surface area (Å²) in [4.78, 5) is 25.8. The van der Waals surface area contributed by atoms with Gasteiger partial charge in [0.15, 0.2) is 18.7 Å². The average molecular weight is 1040 g/mol. The number of ether oxygens (including phenoxy) is 6. The molecule has 0 spiro atoms. The third kappa shape index (κ3) is 31.1. The number of hydrogen-bond acceptors (Lipinski definition) is 15. The van der Waals surface area contributed by atoms with Crippen molar-refractivity contribution in [1.82, 2.24) is 0 Å². The van der Waals surface area contributed by atoms with Crippen LogP contribution in [0, 0.1) is 0 Å². The largest absolute Gasteiger partial charge is 0.462 e. The minimum atomic E-state index is -1.79. The van der Waals surface area contributed by atoms with Crippen molar-refractivity contribution in [2.75, 3.05) is 26.4 Å². The lowest BCUT2D eigenvalue weighted by Gasteiger charge is -2.42. The van der Waals surface area contributed by atoms with Gasteiger partial charge in [-0.3, -0.25) is 9.59 Å². The van der Waals surface area contributed by atoms with Crippen molar-refractivity contribution >= 4 is 11.9 Å². The molecule has 418 valence electrons. The molecule has 0 amide bonds. The maximum atomic E-state index is 13.0. The Morgan fingerprint density at radius 2 is 0.878 bits per heavy atom. The molecular formula is C59H92O15. The fourth-order valence-electron chi connectivity index (χ4n) is 7.52. The molecule has 74 heavy (non-hydrogen) atoms. The number of carbonyl (C=O) groups is 2. The van der Waals surface area contributed by atoms with Gasteiger partial charge in [0, 0.05) is 12.8 Å². The molecule has 15 heteroatoms. The number of hydrogen-bond donors (Lipinski definition) is 7. The summed E-state index contributed by atoms with van der Waals surface area (Å²) in [6.45, 7) is 2.31. The van der Waals surface area contributed by atoms with Crippen LogP contribution in [0.15, 0.2) is 122 Å². The van der Waals surface area contributed by atoms with Crippen molar-refractivity contribution in [3.05, 3.63) is 122 Å². The highest BCUT2D eigenvalue weighted by atomic mass is 16.7. The van der Waals surface area contributed by atoms with E-state index < -0.39 is 99.3 Å². The summed E-state index contributed by atoms with van der Waals surface area (Å²) in [7, 11) is 0. The van der Waals surface area contributed by atoms with Gasteiger partial charge in [-0.25, -0.2) is 0 Å². The zero-order chi connectivity index (χ0) is 53.9. The number of rotatable bonds is 40. The Morgan fingerprint density at radius 3 is 1.36 bits per heavy atom. The molecule has 0 aliphatic carbocycles. The van der Waals surface area contributed by atoms with Crippen molar-refractivity contribution in [3.8, 4) is 0 Å². The predicted octanol–water partition coefficient (Wildman–Crippen LogP) is 8.49. The Balaban J connectivity index is 1.85. The first kappa shape index (κ1) is 66.0. The Labute approximate surface area is 442 Å².